The Bertz CT molecular complexity index is 1350. The lowest BCUT2D eigenvalue weighted by molar-refractivity contribution is -0.659. The molecule has 3 aromatic carbocycles. The first-order chi connectivity index (χ1) is 17.5. The van der Waals surface area contributed by atoms with Crippen LogP contribution in [0.15, 0.2) is 79.1 Å². The molecule has 4 heteroatoms. The van der Waals surface area contributed by atoms with Crippen LogP contribution in [-0.2, 0) is 11.5 Å². The number of benzene rings is 3. The van der Waals surface area contributed by atoms with Crippen LogP contribution < -0.4 is 4.68 Å². The van der Waals surface area contributed by atoms with Gasteiger partial charge in [-0.3, -0.25) is 0 Å². The third-order valence-electron chi connectivity index (χ3n) is 9.42. The molecule has 0 saturated carbocycles. The molecule has 0 radical (unpaired) electrons. The molecule has 5 rings (SSSR count). The monoisotopic (exact) mass is 508 g/mol. The summed E-state index contributed by atoms with van der Waals surface area (Å²) in [5.74, 6) is 1.19. The molecule has 1 aromatic heterocycles. The highest BCUT2D eigenvalue weighted by Crippen LogP contribution is 2.58. The molecule has 3 nitrogen and oxygen atoms in total. The van der Waals surface area contributed by atoms with Crippen LogP contribution in [0.3, 0.4) is 0 Å². The second-order valence-electron chi connectivity index (χ2n) is 12.6. The average molecular weight is 509 g/mol. The molecule has 1 aliphatic heterocycles. The lowest BCUT2D eigenvalue weighted by Crippen LogP contribution is -2.61. The van der Waals surface area contributed by atoms with Crippen LogP contribution in [0, 0.1) is 20.8 Å². The minimum absolute atomic E-state index is 0.116. The van der Waals surface area contributed by atoms with E-state index in [2.05, 4.69) is 143 Å². The number of aryl methyl sites for hydroxylation is 4. The molecule has 1 aliphatic rings. The van der Waals surface area contributed by atoms with E-state index in [-0.39, 0.29) is 10.1 Å². The molecule has 0 N–H and O–H groups in total. The van der Waals surface area contributed by atoms with E-state index in [0.29, 0.717) is 6.04 Å². The summed E-state index contributed by atoms with van der Waals surface area (Å²) in [5.41, 5.74) is 7.94. The topological polar surface area (TPSA) is 21.7 Å². The smallest absolute Gasteiger partial charge is 0.213 e. The maximum Gasteiger partial charge on any atom is 0.271 e. The number of nitrogens with zero attached hydrogens (tertiary/aromatic N) is 3. The summed E-state index contributed by atoms with van der Waals surface area (Å²) >= 11 is 0. The summed E-state index contributed by atoms with van der Waals surface area (Å²) in [7, 11) is -2.06. The summed E-state index contributed by atoms with van der Waals surface area (Å²) in [6.45, 7) is 19.2. The van der Waals surface area contributed by atoms with E-state index in [0.717, 1.165) is 12.8 Å². The van der Waals surface area contributed by atoms with E-state index >= 15 is 0 Å². The van der Waals surface area contributed by atoms with Crippen LogP contribution in [0.2, 0.25) is 18.1 Å². The molecule has 0 aliphatic carbocycles. The van der Waals surface area contributed by atoms with Gasteiger partial charge in [0.1, 0.15) is 6.04 Å². The molecular weight excluding hydrogens is 466 g/mol. The third-order valence-corrected chi connectivity index (χ3v) is 16.0. The van der Waals surface area contributed by atoms with E-state index < -0.39 is 8.07 Å². The van der Waals surface area contributed by atoms with Gasteiger partial charge in [0, 0.05) is 6.42 Å². The van der Waals surface area contributed by atoms with Gasteiger partial charge < -0.3 is 0 Å². The van der Waals surface area contributed by atoms with Crippen molar-refractivity contribution in [2.45, 2.75) is 83.6 Å². The van der Waals surface area contributed by atoms with Gasteiger partial charge in [0.05, 0.1) is 13.1 Å². The minimum atomic E-state index is -2.06. The molecule has 2 heterocycles. The van der Waals surface area contributed by atoms with E-state index in [1.165, 1.54) is 39.3 Å². The normalized spacial score (nSPS) is 16.2. The number of rotatable bonds is 5. The van der Waals surface area contributed by atoms with E-state index in [4.69, 9.17) is 5.10 Å². The highest BCUT2D eigenvalue weighted by molar-refractivity contribution is 6.83. The highest BCUT2D eigenvalue weighted by Gasteiger charge is 2.62. The van der Waals surface area contributed by atoms with Crippen molar-refractivity contribution in [2.24, 2.45) is 0 Å². The SMILES string of the molecule is Cc1cc(C)c(-[n+]2cn3c(n2)CCC3C(c2ccccc2)(c2ccccc2)[Si](C)(C)C(C)(C)C)c(C)c1. The Morgan fingerprint density at radius 3 is 1.84 bits per heavy atom. The zero-order valence-electron chi connectivity index (χ0n) is 23.8. The summed E-state index contributed by atoms with van der Waals surface area (Å²) in [6, 6.07) is 27.6. The van der Waals surface area contributed by atoms with Gasteiger partial charge in [-0.2, -0.15) is 0 Å². The van der Waals surface area contributed by atoms with Gasteiger partial charge in [-0.05, 0) is 59.6 Å². The molecule has 0 saturated heterocycles. The van der Waals surface area contributed by atoms with Crippen LogP contribution in [0.5, 0.6) is 0 Å². The molecule has 0 amide bonds. The predicted molar refractivity (Wildman–Crippen MR) is 156 cm³/mol. The molecule has 1 atom stereocenters. The Morgan fingerprint density at radius 1 is 0.838 bits per heavy atom. The number of hydrogen-bond acceptors (Lipinski definition) is 1. The maximum atomic E-state index is 5.20. The molecule has 37 heavy (non-hydrogen) atoms. The minimum Gasteiger partial charge on any atom is -0.213 e. The Kier molecular flexibility index (Phi) is 6.30. The van der Waals surface area contributed by atoms with Crippen LogP contribution in [0.25, 0.3) is 5.69 Å². The zero-order chi connectivity index (χ0) is 26.6. The van der Waals surface area contributed by atoms with Crippen molar-refractivity contribution in [1.82, 2.24) is 9.67 Å². The second kappa shape index (κ2) is 9.09. The second-order valence-corrected chi connectivity index (χ2v) is 18.1. The van der Waals surface area contributed by atoms with Crippen LogP contribution >= 0.6 is 0 Å². The van der Waals surface area contributed by atoms with Gasteiger partial charge >= 0.3 is 0 Å². The lowest BCUT2D eigenvalue weighted by atomic mass is 9.82. The first kappa shape index (κ1) is 25.7. The maximum absolute atomic E-state index is 5.20. The fraction of sp³-hybridized carbons (Fsp3) is 0.394. The number of fused-ring (bicyclic) bond motifs is 1. The molecule has 1 unspecified atom stereocenters. The van der Waals surface area contributed by atoms with Gasteiger partial charge in [-0.15, -0.1) is 0 Å². The third kappa shape index (κ3) is 3.92. The van der Waals surface area contributed by atoms with E-state index in [1.807, 2.05) is 0 Å². The van der Waals surface area contributed by atoms with Crippen molar-refractivity contribution in [2.75, 3.05) is 0 Å². The summed E-state index contributed by atoms with van der Waals surface area (Å²) in [4.78, 5) is 0. The van der Waals surface area contributed by atoms with Crippen LogP contribution in [0.1, 0.15) is 66.9 Å². The quantitative estimate of drug-likeness (QED) is 0.201. The van der Waals surface area contributed by atoms with E-state index in [9.17, 15) is 0 Å². The van der Waals surface area contributed by atoms with Gasteiger partial charge in [-0.25, -0.2) is 4.57 Å². The Hall–Kier alpha value is -2.98. The lowest BCUT2D eigenvalue weighted by Gasteiger charge is -2.55. The molecule has 0 spiro atoms. The number of aromatic nitrogens is 3. The van der Waals surface area contributed by atoms with Crippen LogP contribution in [-0.4, -0.2) is 17.7 Å². The first-order valence-corrected chi connectivity index (χ1v) is 16.7. The van der Waals surface area contributed by atoms with E-state index in [1.54, 1.807) is 0 Å². The first-order valence-electron chi connectivity index (χ1n) is 13.7. The molecule has 4 aromatic rings. The summed E-state index contributed by atoms with van der Waals surface area (Å²) in [5, 5.41) is 5.27. The molecule has 0 fully saturated rings. The van der Waals surface area contributed by atoms with Gasteiger partial charge in [-0.1, -0.05) is 117 Å². The Balaban J connectivity index is 1.80. The Labute approximate surface area is 224 Å². The highest BCUT2D eigenvalue weighted by atomic mass is 28.3. The predicted octanol–water partition coefficient (Wildman–Crippen LogP) is 7.61. The molecule has 192 valence electrons. The average Bonchev–Trinajstić information content (AvgIpc) is 3.41. The summed E-state index contributed by atoms with van der Waals surface area (Å²) in [6.07, 6.45) is 4.40. The van der Waals surface area contributed by atoms with Crippen molar-refractivity contribution in [3.63, 3.8) is 0 Å². The van der Waals surface area contributed by atoms with Crippen molar-refractivity contribution in [1.29, 1.82) is 0 Å². The zero-order valence-corrected chi connectivity index (χ0v) is 24.8. The van der Waals surface area contributed by atoms with Crippen molar-refractivity contribution < 1.29 is 4.68 Å². The van der Waals surface area contributed by atoms with Crippen molar-refractivity contribution in [3.05, 3.63) is 113 Å². The van der Waals surface area contributed by atoms with Crippen molar-refractivity contribution in [3.8, 4) is 5.69 Å². The largest absolute Gasteiger partial charge is 0.271 e. The molecule has 0 bridgehead atoms. The number of hydrogen-bond donors (Lipinski definition) is 0. The fourth-order valence-corrected chi connectivity index (χ4v) is 11.1. The van der Waals surface area contributed by atoms with Crippen molar-refractivity contribution >= 4 is 8.07 Å². The van der Waals surface area contributed by atoms with Crippen LogP contribution in [0.4, 0.5) is 0 Å². The molecular formula is C33H42N3Si+. The van der Waals surface area contributed by atoms with Gasteiger partial charge in [0.25, 0.3) is 6.33 Å². The van der Waals surface area contributed by atoms with Gasteiger partial charge in [0.15, 0.2) is 5.69 Å². The standard InChI is InChI=1S/C33H42N3Si/c1-24-21-25(2)31(26(3)22-24)36-23-35-29(19-20-30(35)34-36)33(27-15-11-9-12-16-27,28-17-13-10-14-18-28)37(7,8)32(4,5)6/h9-18,21-23,29H,19-20H2,1-8H3/q+1. The summed E-state index contributed by atoms with van der Waals surface area (Å²) < 4.78 is 4.69. The Morgan fingerprint density at radius 2 is 1.35 bits per heavy atom. The fourth-order valence-electron chi connectivity index (χ4n) is 6.98. The van der Waals surface area contributed by atoms with Gasteiger partial charge in [0.2, 0.25) is 5.82 Å².